The van der Waals surface area contributed by atoms with Crippen molar-refractivity contribution < 1.29 is 13.9 Å². The number of furan rings is 1. The number of hydrogen-bond donors (Lipinski definition) is 0. The molecule has 0 amide bonds. The molecule has 1 aliphatic heterocycles. The van der Waals surface area contributed by atoms with Gasteiger partial charge in [-0.15, -0.1) is 0 Å². The fourth-order valence-corrected chi connectivity index (χ4v) is 1.39. The van der Waals surface area contributed by atoms with Crippen LogP contribution in [-0.4, -0.2) is 12.6 Å². The summed E-state index contributed by atoms with van der Waals surface area (Å²) in [6, 6.07) is 3.71. The van der Waals surface area contributed by atoms with Gasteiger partial charge in [0.2, 0.25) is 0 Å². The zero-order valence-corrected chi connectivity index (χ0v) is 6.66. The molecule has 12 heavy (non-hydrogen) atoms. The van der Waals surface area contributed by atoms with Gasteiger partial charge in [-0.05, 0) is 18.6 Å². The third-order valence-corrected chi connectivity index (χ3v) is 2.07. The van der Waals surface area contributed by atoms with Crippen LogP contribution in [-0.2, 0) is 16.0 Å². The fourth-order valence-electron chi connectivity index (χ4n) is 1.39. The summed E-state index contributed by atoms with van der Waals surface area (Å²) < 4.78 is 9.97. The average molecular weight is 166 g/mol. The average Bonchev–Trinajstić information content (AvgIpc) is 2.65. The first-order valence-electron chi connectivity index (χ1n) is 4.05. The molecule has 1 aliphatic rings. The molecule has 0 N–H and O–H groups in total. The number of carbonyl (C=O) groups excluding carboxylic acids is 1. The maximum Gasteiger partial charge on any atom is 0.309 e. The van der Waals surface area contributed by atoms with Crippen LogP contribution in [0.25, 0.3) is 0 Å². The molecule has 2 heterocycles. The summed E-state index contributed by atoms with van der Waals surface area (Å²) in [6.07, 6.45) is 3.11. The van der Waals surface area contributed by atoms with Crippen molar-refractivity contribution in [3.8, 4) is 0 Å². The van der Waals surface area contributed by atoms with E-state index in [1.807, 2.05) is 12.1 Å². The Hall–Kier alpha value is -1.25. The van der Waals surface area contributed by atoms with Gasteiger partial charge >= 0.3 is 5.97 Å². The molecule has 0 bridgehead atoms. The van der Waals surface area contributed by atoms with E-state index in [1.54, 1.807) is 6.26 Å². The Morgan fingerprint density at radius 1 is 1.58 bits per heavy atom. The van der Waals surface area contributed by atoms with E-state index in [0.717, 1.165) is 12.2 Å². The van der Waals surface area contributed by atoms with Gasteiger partial charge in [-0.1, -0.05) is 0 Å². The first kappa shape index (κ1) is 7.40. The van der Waals surface area contributed by atoms with Crippen LogP contribution in [0.1, 0.15) is 12.2 Å². The second-order valence-corrected chi connectivity index (χ2v) is 2.94. The third-order valence-electron chi connectivity index (χ3n) is 2.07. The molecular formula is C9H10O3. The summed E-state index contributed by atoms with van der Waals surface area (Å²) in [5.74, 6) is 0.779. The SMILES string of the molecule is O=C1OCCC1Cc1ccco1. The Balaban J connectivity index is 1.99. The molecule has 1 aromatic rings. The predicted octanol–water partition coefficient (Wildman–Crippen LogP) is 1.39. The van der Waals surface area contributed by atoms with Crippen LogP contribution in [0.4, 0.5) is 0 Å². The van der Waals surface area contributed by atoms with Gasteiger partial charge in [0, 0.05) is 6.42 Å². The highest BCUT2D eigenvalue weighted by Gasteiger charge is 2.27. The van der Waals surface area contributed by atoms with Crippen molar-refractivity contribution in [2.24, 2.45) is 5.92 Å². The second kappa shape index (κ2) is 3.01. The van der Waals surface area contributed by atoms with Crippen LogP contribution >= 0.6 is 0 Å². The minimum atomic E-state index is -0.0913. The first-order valence-corrected chi connectivity index (χ1v) is 4.05. The number of cyclic esters (lactones) is 1. The van der Waals surface area contributed by atoms with Crippen molar-refractivity contribution in [3.63, 3.8) is 0 Å². The summed E-state index contributed by atoms with van der Waals surface area (Å²) in [5.41, 5.74) is 0. The summed E-state index contributed by atoms with van der Waals surface area (Å²) in [5, 5.41) is 0. The Morgan fingerprint density at radius 2 is 2.50 bits per heavy atom. The molecule has 1 fully saturated rings. The molecule has 2 rings (SSSR count). The molecule has 0 saturated carbocycles. The highest BCUT2D eigenvalue weighted by molar-refractivity contribution is 5.74. The number of ether oxygens (including phenoxy) is 1. The lowest BCUT2D eigenvalue weighted by Crippen LogP contribution is -2.09. The molecule has 0 spiro atoms. The third kappa shape index (κ3) is 1.35. The molecule has 0 aliphatic carbocycles. The summed E-state index contributed by atoms with van der Waals surface area (Å²) >= 11 is 0. The number of rotatable bonds is 2. The van der Waals surface area contributed by atoms with Crippen LogP contribution in [0.3, 0.4) is 0 Å². The monoisotopic (exact) mass is 166 g/mol. The number of carbonyl (C=O) groups is 1. The topological polar surface area (TPSA) is 39.4 Å². The molecular weight excluding hydrogens is 156 g/mol. The van der Waals surface area contributed by atoms with Crippen molar-refractivity contribution in [2.75, 3.05) is 6.61 Å². The van der Waals surface area contributed by atoms with Gasteiger partial charge in [-0.3, -0.25) is 4.79 Å². The highest BCUT2D eigenvalue weighted by Crippen LogP contribution is 2.19. The summed E-state index contributed by atoms with van der Waals surface area (Å²) in [4.78, 5) is 11.0. The summed E-state index contributed by atoms with van der Waals surface area (Å²) in [6.45, 7) is 0.560. The maximum absolute atomic E-state index is 11.0. The molecule has 64 valence electrons. The van der Waals surface area contributed by atoms with E-state index in [4.69, 9.17) is 9.15 Å². The van der Waals surface area contributed by atoms with Crippen LogP contribution in [0.2, 0.25) is 0 Å². The molecule has 3 nitrogen and oxygen atoms in total. The number of hydrogen-bond acceptors (Lipinski definition) is 3. The van der Waals surface area contributed by atoms with E-state index in [1.165, 1.54) is 0 Å². The van der Waals surface area contributed by atoms with Crippen molar-refractivity contribution >= 4 is 5.97 Å². The zero-order chi connectivity index (χ0) is 8.39. The van der Waals surface area contributed by atoms with Crippen molar-refractivity contribution in [3.05, 3.63) is 24.2 Å². The molecule has 1 aromatic heterocycles. The van der Waals surface area contributed by atoms with Crippen LogP contribution in [0.15, 0.2) is 22.8 Å². The molecule has 1 atom stereocenters. The van der Waals surface area contributed by atoms with E-state index in [2.05, 4.69) is 0 Å². The van der Waals surface area contributed by atoms with Gasteiger partial charge in [0.25, 0.3) is 0 Å². The van der Waals surface area contributed by atoms with Crippen LogP contribution < -0.4 is 0 Å². The van der Waals surface area contributed by atoms with Gasteiger partial charge in [0.15, 0.2) is 0 Å². The maximum atomic E-state index is 11.0. The standard InChI is InChI=1S/C9H10O3/c10-9-7(3-5-12-9)6-8-2-1-4-11-8/h1-2,4,7H,3,5-6H2. The zero-order valence-electron chi connectivity index (χ0n) is 6.66. The van der Waals surface area contributed by atoms with Crippen molar-refractivity contribution in [1.29, 1.82) is 0 Å². The second-order valence-electron chi connectivity index (χ2n) is 2.94. The van der Waals surface area contributed by atoms with Crippen LogP contribution in [0.5, 0.6) is 0 Å². The Kier molecular flexibility index (Phi) is 1.86. The van der Waals surface area contributed by atoms with Crippen molar-refractivity contribution in [2.45, 2.75) is 12.8 Å². The fraction of sp³-hybridized carbons (Fsp3) is 0.444. The quantitative estimate of drug-likeness (QED) is 0.623. The minimum Gasteiger partial charge on any atom is -0.469 e. The lowest BCUT2D eigenvalue weighted by molar-refractivity contribution is -0.141. The van der Waals surface area contributed by atoms with E-state index < -0.39 is 0 Å². The Bertz CT molecular complexity index is 263. The van der Waals surface area contributed by atoms with Gasteiger partial charge in [-0.2, -0.15) is 0 Å². The van der Waals surface area contributed by atoms with Gasteiger partial charge < -0.3 is 9.15 Å². The highest BCUT2D eigenvalue weighted by atomic mass is 16.5. The molecule has 1 saturated heterocycles. The molecule has 3 heteroatoms. The van der Waals surface area contributed by atoms with Gasteiger partial charge in [0.1, 0.15) is 5.76 Å². The van der Waals surface area contributed by atoms with Gasteiger partial charge in [0.05, 0.1) is 18.8 Å². The van der Waals surface area contributed by atoms with E-state index >= 15 is 0 Å². The molecule has 0 radical (unpaired) electrons. The largest absolute Gasteiger partial charge is 0.469 e. The van der Waals surface area contributed by atoms with Gasteiger partial charge in [-0.25, -0.2) is 0 Å². The van der Waals surface area contributed by atoms with Crippen molar-refractivity contribution in [1.82, 2.24) is 0 Å². The normalized spacial score (nSPS) is 22.7. The summed E-state index contributed by atoms with van der Waals surface area (Å²) in [7, 11) is 0. The Labute approximate surface area is 70.3 Å². The lowest BCUT2D eigenvalue weighted by atomic mass is 10.0. The first-order chi connectivity index (χ1) is 5.86. The minimum absolute atomic E-state index is 0.0103. The Morgan fingerprint density at radius 3 is 3.08 bits per heavy atom. The molecule has 1 unspecified atom stereocenters. The van der Waals surface area contributed by atoms with Crippen LogP contribution in [0, 0.1) is 5.92 Å². The smallest absolute Gasteiger partial charge is 0.309 e. The molecule has 0 aromatic carbocycles. The number of esters is 1. The van der Waals surface area contributed by atoms with E-state index in [0.29, 0.717) is 13.0 Å². The van der Waals surface area contributed by atoms with E-state index in [9.17, 15) is 4.79 Å². The van der Waals surface area contributed by atoms with E-state index in [-0.39, 0.29) is 11.9 Å². The predicted molar refractivity (Wildman–Crippen MR) is 41.5 cm³/mol. The lowest BCUT2D eigenvalue weighted by Gasteiger charge is -2.00.